The lowest BCUT2D eigenvalue weighted by atomic mass is 10.1. The number of hydrogen-bond acceptors (Lipinski definition) is 6. The van der Waals surface area contributed by atoms with Crippen LogP contribution in [0.3, 0.4) is 0 Å². The number of nitrogens with zero attached hydrogens (tertiary/aromatic N) is 2. The molecule has 146 valence electrons. The quantitative estimate of drug-likeness (QED) is 0.340. The van der Waals surface area contributed by atoms with E-state index < -0.39 is 11.1 Å². The van der Waals surface area contributed by atoms with Crippen LogP contribution in [0.15, 0.2) is 33.9 Å². The fourth-order valence-electron chi connectivity index (χ4n) is 3.91. The SMILES string of the molecule is CN1Cc2ccc(N)c(N)c2C1.CN1Cc2ccc3[nH]c(=O)c(=O)[nH]c3c2C1. The first-order valence-corrected chi connectivity index (χ1v) is 9.13. The molecule has 3 heterocycles. The first-order valence-electron chi connectivity index (χ1n) is 9.13. The van der Waals surface area contributed by atoms with Crippen LogP contribution in [0.2, 0.25) is 0 Å². The van der Waals surface area contributed by atoms with Crippen molar-refractivity contribution in [3.05, 3.63) is 67.2 Å². The molecule has 2 aliphatic rings. The summed E-state index contributed by atoms with van der Waals surface area (Å²) in [5.74, 6) is 0. The van der Waals surface area contributed by atoms with E-state index in [1.54, 1.807) is 0 Å². The van der Waals surface area contributed by atoms with Gasteiger partial charge in [-0.3, -0.25) is 19.4 Å². The third kappa shape index (κ3) is 3.17. The summed E-state index contributed by atoms with van der Waals surface area (Å²) < 4.78 is 0. The van der Waals surface area contributed by atoms with Crippen molar-refractivity contribution >= 4 is 22.4 Å². The fraction of sp³-hybridized carbons (Fsp3) is 0.300. The van der Waals surface area contributed by atoms with Crippen molar-refractivity contribution in [1.29, 1.82) is 0 Å². The van der Waals surface area contributed by atoms with Gasteiger partial charge in [-0.15, -0.1) is 0 Å². The van der Waals surface area contributed by atoms with Crippen LogP contribution >= 0.6 is 0 Å². The Morgan fingerprint density at radius 3 is 2.07 bits per heavy atom. The van der Waals surface area contributed by atoms with Gasteiger partial charge in [0.1, 0.15) is 0 Å². The summed E-state index contributed by atoms with van der Waals surface area (Å²) in [5, 5.41) is 0. The van der Waals surface area contributed by atoms with Crippen LogP contribution in [0.5, 0.6) is 0 Å². The van der Waals surface area contributed by atoms with E-state index in [4.69, 9.17) is 11.5 Å². The summed E-state index contributed by atoms with van der Waals surface area (Å²) in [7, 11) is 4.10. The van der Waals surface area contributed by atoms with Crippen molar-refractivity contribution in [3.8, 4) is 0 Å². The number of aromatic amines is 2. The highest BCUT2D eigenvalue weighted by molar-refractivity contribution is 5.79. The van der Waals surface area contributed by atoms with Gasteiger partial charge in [-0.2, -0.15) is 0 Å². The van der Waals surface area contributed by atoms with E-state index in [2.05, 4.69) is 32.9 Å². The number of fused-ring (bicyclic) bond motifs is 4. The van der Waals surface area contributed by atoms with E-state index >= 15 is 0 Å². The lowest BCUT2D eigenvalue weighted by molar-refractivity contribution is 0.353. The molecule has 2 aliphatic heterocycles. The standard InChI is InChI=1S/C11H11N3O2.C9H13N3/c1-14-4-6-2-3-8-9(7(6)5-14)13-11(16)10(15)12-8;1-12-4-6-2-3-8(10)9(11)7(6)5-12/h2-3H,4-5H2,1H3,(H,12,15)(H,13,16);2-3H,4-5,10-11H2,1H3. The van der Waals surface area contributed by atoms with E-state index in [0.717, 1.165) is 42.9 Å². The van der Waals surface area contributed by atoms with Gasteiger partial charge < -0.3 is 21.4 Å². The molecule has 8 heteroatoms. The molecule has 0 spiro atoms. The van der Waals surface area contributed by atoms with Gasteiger partial charge in [-0.05, 0) is 48.5 Å². The molecule has 1 aromatic heterocycles. The maximum atomic E-state index is 11.3. The Kier molecular flexibility index (Phi) is 4.44. The third-order valence-electron chi connectivity index (χ3n) is 5.33. The molecule has 28 heavy (non-hydrogen) atoms. The number of nitrogen functional groups attached to an aromatic ring is 2. The lowest BCUT2D eigenvalue weighted by Crippen LogP contribution is -2.29. The predicted octanol–water partition coefficient (Wildman–Crippen LogP) is 0.958. The zero-order valence-electron chi connectivity index (χ0n) is 16.0. The molecule has 0 atom stereocenters. The highest BCUT2D eigenvalue weighted by Crippen LogP contribution is 2.30. The van der Waals surface area contributed by atoms with E-state index in [1.807, 2.05) is 25.2 Å². The fourth-order valence-corrected chi connectivity index (χ4v) is 3.91. The lowest BCUT2D eigenvalue weighted by Gasteiger charge is -2.05. The van der Waals surface area contributed by atoms with Crippen molar-refractivity contribution in [1.82, 2.24) is 19.8 Å². The minimum atomic E-state index is -0.598. The van der Waals surface area contributed by atoms with Crippen molar-refractivity contribution in [2.75, 3.05) is 25.6 Å². The minimum Gasteiger partial charge on any atom is -0.397 e. The number of hydrogen-bond donors (Lipinski definition) is 4. The Balaban J connectivity index is 0.000000143. The maximum absolute atomic E-state index is 11.3. The van der Waals surface area contributed by atoms with Gasteiger partial charge in [0.15, 0.2) is 0 Å². The summed E-state index contributed by atoms with van der Waals surface area (Å²) in [6.07, 6.45) is 0. The van der Waals surface area contributed by atoms with Gasteiger partial charge in [-0.25, -0.2) is 0 Å². The Bertz CT molecular complexity index is 1180. The molecule has 0 fully saturated rings. The summed E-state index contributed by atoms with van der Waals surface area (Å²) in [6, 6.07) is 7.78. The second-order valence-corrected chi connectivity index (χ2v) is 7.58. The first kappa shape index (κ1) is 18.3. The van der Waals surface area contributed by atoms with Crippen LogP contribution in [0, 0.1) is 0 Å². The van der Waals surface area contributed by atoms with Crippen molar-refractivity contribution in [2.24, 2.45) is 0 Å². The minimum absolute atomic E-state index is 0.588. The molecule has 6 N–H and O–H groups in total. The van der Waals surface area contributed by atoms with Gasteiger partial charge in [0, 0.05) is 26.2 Å². The number of benzene rings is 2. The Labute approximate surface area is 161 Å². The van der Waals surface area contributed by atoms with Gasteiger partial charge in [0.2, 0.25) is 0 Å². The van der Waals surface area contributed by atoms with Crippen LogP contribution < -0.4 is 22.6 Å². The Hall–Kier alpha value is -3.10. The zero-order chi connectivity index (χ0) is 20.0. The molecular weight excluding hydrogens is 356 g/mol. The molecule has 0 unspecified atom stereocenters. The molecular formula is C20H24N6O2. The average Bonchev–Trinajstić information content (AvgIpc) is 3.22. The molecule has 3 aromatic rings. The molecule has 8 nitrogen and oxygen atoms in total. The first-order chi connectivity index (χ1) is 13.3. The summed E-state index contributed by atoms with van der Waals surface area (Å²) in [6.45, 7) is 3.59. The number of rotatable bonds is 0. The average molecular weight is 380 g/mol. The van der Waals surface area contributed by atoms with Crippen molar-refractivity contribution < 1.29 is 0 Å². The smallest absolute Gasteiger partial charge is 0.314 e. The Morgan fingerprint density at radius 2 is 1.36 bits per heavy atom. The molecule has 0 saturated heterocycles. The van der Waals surface area contributed by atoms with Crippen LogP contribution in [0.4, 0.5) is 11.4 Å². The van der Waals surface area contributed by atoms with Crippen molar-refractivity contribution in [3.63, 3.8) is 0 Å². The van der Waals surface area contributed by atoms with Gasteiger partial charge >= 0.3 is 11.1 Å². The summed E-state index contributed by atoms with van der Waals surface area (Å²) in [5.41, 5.74) is 18.1. The largest absolute Gasteiger partial charge is 0.397 e. The van der Waals surface area contributed by atoms with Crippen LogP contribution in [-0.2, 0) is 26.2 Å². The summed E-state index contributed by atoms with van der Waals surface area (Å²) in [4.78, 5) is 32.1. The molecule has 0 bridgehead atoms. The monoisotopic (exact) mass is 380 g/mol. The van der Waals surface area contributed by atoms with Crippen LogP contribution in [0.25, 0.3) is 11.0 Å². The highest BCUT2D eigenvalue weighted by atomic mass is 16.2. The Morgan fingerprint density at radius 1 is 0.786 bits per heavy atom. The molecule has 2 aromatic carbocycles. The van der Waals surface area contributed by atoms with Crippen LogP contribution in [-0.4, -0.2) is 33.9 Å². The maximum Gasteiger partial charge on any atom is 0.314 e. The van der Waals surface area contributed by atoms with Crippen LogP contribution in [0.1, 0.15) is 22.3 Å². The topological polar surface area (TPSA) is 124 Å². The predicted molar refractivity (Wildman–Crippen MR) is 111 cm³/mol. The number of H-pyrrole nitrogens is 2. The number of nitrogens with one attached hydrogen (secondary N) is 2. The van der Waals surface area contributed by atoms with Gasteiger partial charge in [0.25, 0.3) is 0 Å². The number of aromatic nitrogens is 2. The second kappa shape index (κ2) is 6.81. The van der Waals surface area contributed by atoms with E-state index in [9.17, 15) is 9.59 Å². The van der Waals surface area contributed by atoms with Gasteiger partial charge in [0.05, 0.1) is 22.4 Å². The number of nitrogens with two attached hydrogens (primary N) is 2. The van der Waals surface area contributed by atoms with Gasteiger partial charge in [-0.1, -0.05) is 12.1 Å². The highest BCUT2D eigenvalue weighted by Gasteiger charge is 2.19. The molecule has 0 saturated carbocycles. The molecule has 0 aliphatic carbocycles. The normalized spacial score (nSPS) is 15.9. The summed E-state index contributed by atoms with van der Waals surface area (Å²) >= 11 is 0. The zero-order valence-corrected chi connectivity index (χ0v) is 16.0. The molecule has 5 rings (SSSR count). The van der Waals surface area contributed by atoms with E-state index in [1.165, 1.54) is 16.7 Å². The number of anilines is 2. The van der Waals surface area contributed by atoms with Crippen molar-refractivity contribution in [2.45, 2.75) is 26.2 Å². The third-order valence-corrected chi connectivity index (χ3v) is 5.33. The molecule has 0 amide bonds. The van der Waals surface area contributed by atoms with E-state index in [0.29, 0.717) is 11.2 Å². The molecule has 0 radical (unpaired) electrons. The second-order valence-electron chi connectivity index (χ2n) is 7.58. The van der Waals surface area contributed by atoms with E-state index in [-0.39, 0.29) is 0 Å².